The number of carbonyl (C=O) groups excluding carboxylic acids is 1. The lowest BCUT2D eigenvalue weighted by molar-refractivity contribution is -0.118. The maximum Gasteiger partial charge on any atom is 0.250 e. The van der Waals surface area contributed by atoms with Gasteiger partial charge in [0, 0.05) is 5.56 Å². The molecule has 1 N–H and O–H groups in total. The smallest absolute Gasteiger partial charge is 0.250 e. The minimum Gasteiger partial charge on any atom is -0.496 e. The Labute approximate surface area is 149 Å². The van der Waals surface area contributed by atoms with Crippen LogP contribution in [0.2, 0.25) is 0 Å². The van der Waals surface area contributed by atoms with Crippen molar-refractivity contribution in [1.82, 2.24) is 15.4 Å². The highest BCUT2D eigenvalue weighted by molar-refractivity contribution is 7.99. The Morgan fingerprint density at radius 2 is 1.84 bits per heavy atom. The van der Waals surface area contributed by atoms with Crippen molar-refractivity contribution in [3.8, 4) is 17.5 Å². The lowest BCUT2D eigenvalue weighted by atomic mass is 10.2. The quantitative estimate of drug-likeness (QED) is 0.331. The zero-order chi connectivity index (χ0) is 18.1. The second-order valence-electron chi connectivity index (χ2n) is 4.56. The zero-order valence-electron chi connectivity index (χ0n) is 14.1. The van der Waals surface area contributed by atoms with E-state index in [0.717, 1.165) is 17.3 Å². The number of nitrogens with one attached hydrogen (secondary N) is 1. The minimum absolute atomic E-state index is 0.0968. The Hall–Kier alpha value is -2.81. The normalized spacial score (nSPS) is 10.5. The van der Waals surface area contributed by atoms with E-state index in [1.54, 1.807) is 13.2 Å². The number of hydrogen-bond acceptors (Lipinski definition) is 8. The molecule has 0 unspecified atom stereocenters. The molecule has 0 atom stereocenters. The summed E-state index contributed by atoms with van der Waals surface area (Å²) in [5.74, 6) is 1.21. The fourth-order valence-electron chi connectivity index (χ4n) is 1.77. The maximum absolute atomic E-state index is 11.9. The van der Waals surface area contributed by atoms with Gasteiger partial charge in [0.2, 0.25) is 11.8 Å². The van der Waals surface area contributed by atoms with E-state index in [0.29, 0.717) is 22.7 Å². The number of hydrogen-bond donors (Lipinski definition) is 1. The first-order chi connectivity index (χ1) is 12.2. The molecular formula is C16H18N4O4S. The van der Waals surface area contributed by atoms with Crippen LogP contribution in [0, 0.1) is 0 Å². The van der Waals surface area contributed by atoms with Crippen molar-refractivity contribution in [3.05, 3.63) is 35.9 Å². The van der Waals surface area contributed by atoms with Crippen LogP contribution in [0.4, 0.5) is 0 Å². The summed E-state index contributed by atoms with van der Waals surface area (Å²) in [4.78, 5) is 20.1. The summed E-state index contributed by atoms with van der Waals surface area (Å²) in [6.07, 6.45) is 1.52. The fourth-order valence-corrected chi connectivity index (χ4v) is 2.40. The highest BCUT2D eigenvalue weighted by atomic mass is 32.2. The molecule has 8 nitrogen and oxygen atoms in total. The highest BCUT2D eigenvalue weighted by Crippen LogP contribution is 2.21. The molecule has 0 saturated carbocycles. The first-order valence-corrected chi connectivity index (χ1v) is 8.19. The molecule has 0 radical (unpaired) electrons. The van der Waals surface area contributed by atoms with Crippen LogP contribution in [-0.4, -0.2) is 49.2 Å². The standard InChI is InChI=1S/C16H18N4O4S/c1-22-12-7-5-4-6-11(12)9-17-20-13(21)10-25-16-18-14(23-2)8-15(19-16)24-3/h4-9H,10H2,1-3H3,(H,20,21)/b17-9-. The average molecular weight is 362 g/mol. The molecule has 2 aromatic rings. The van der Waals surface area contributed by atoms with Crippen LogP contribution in [0.5, 0.6) is 17.5 Å². The van der Waals surface area contributed by atoms with Crippen LogP contribution in [0.25, 0.3) is 0 Å². The Kier molecular flexibility index (Phi) is 7.02. The molecule has 1 aromatic carbocycles. The number of carbonyl (C=O) groups is 1. The third-order valence-electron chi connectivity index (χ3n) is 2.94. The zero-order valence-corrected chi connectivity index (χ0v) is 14.9. The van der Waals surface area contributed by atoms with E-state index in [9.17, 15) is 4.79 Å². The van der Waals surface area contributed by atoms with Gasteiger partial charge in [0.25, 0.3) is 5.91 Å². The molecule has 25 heavy (non-hydrogen) atoms. The van der Waals surface area contributed by atoms with Gasteiger partial charge in [-0.2, -0.15) is 15.1 Å². The predicted octanol–water partition coefficient (Wildman–Crippen LogP) is 1.74. The summed E-state index contributed by atoms with van der Waals surface area (Å²) in [5, 5.41) is 4.30. The van der Waals surface area contributed by atoms with Crippen LogP contribution in [-0.2, 0) is 4.79 Å². The van der Waals surface area contributed by atoms with Gasteiger partial charge in [-0.05, 0) is 12.1 Å². The number of aromatic nitrogens is 2. The van der Waals surface area contributed by atoms with E-state index >= 15 is 0 Å². The van der Waals surface area contributed by atoms with Crippen molar-refractivity contribution in [2.45, 2.75) is 5.16 Å². The van der Waals surface area contributed by atoms with E-state index in [2.05, 4.69) is 20.5 Å². The molecule has 0 aliphatic carbocycles. The molecule has 9 heteroatoms. The van der Waals surface area contributed by atoms with E-state index < -0.39 is 0 Å². The van der Waals surface area contributed by atoms with Gasteiger partial charge in [-0.15, -0.1) is 0 Å². The number of thioether (sulfide) groups is 1. The lowest BCUT2D eigenvalue weighted by Gasteiger charge is -2.05. The Morgan fingerprint density at radius 1 is 1.16 bits per heavy atom. The molecule has 1 heterocycles. The number of amides is 1. The molecule has 0 saturated heterocycles. The molecule has 1 aromatic heterocycles. The molecule has 0 aliphatic heterocycles. The number of rotatable bonds is 8. The van der Waals surface area contributed by atoms with E-state index in [4.69, 9.17) is 14.2 Å². The summed E-state index contributed by atoms with van der Waals surface area (Å²) in [7, 11) is 4.56. The third kappa shape index (κ3) is 5.64. The van der Waals surface area contributed by atoms with Gasteiger partial charge in [0.1, 0.15) is 5.75 Å². The number of hydrazone groups is 1. The summed E-state index contributed by atoms with van der Waals surface area (Å²) in [6.45, 7) is 0. The molecular weight excluding hydrogens is 344 g/mol. The monoisotopic (exact) mass is 362 g/mol. The van der Waals surface area contributed by atoms with Gasteiger partial charge in [-0.1, -0.05) is 23.9 Å². The SMILES string of the molecule is COc1cc(OC)nc(SCC(=O)N/N=C\c2ccccc2OC)n1. The van der Waals surface area contributed by atoms with Gasteiger partial charge >= 0.3 is 0 Å². The average Bonchev–Trinajstić information content (AvgIpc) is 2.66. The van der Waals surface area contributed by atoms with Crippen molar-refractivity contribution in [2.75, 3.05) is 27.1 Å². The minimum atomic E-state index is -0.290. The summed E-state index contributed by atoms with van der Waals surface area (Å²) in [5.41, 5.74) is 3.21. The van der Waals surface area contributed by atoms with Crippen molar-refractivity contribution in [1.29, 1.82) is 0 Å². The molecule has 1 amide bonds. The van der Waals surface area contributed by atoms with E-state index in [-0.39, 0.29) is 11.7 Å². The van der Waals surface area contributed by atoms with Crippen molar-refractivity contribution in [3.63, 3.8) is 0 Å². The van der Waals surface area contributed by atoms with Crippen LogP contribution < -0.4 is 19.6 Å². The van der Waals surface area contributed by atoms with E-state index in [1.807, 2.05) is 24.3 Å². The Morgan fingerprint density at radius 3 is 2.48 bits per heavy atom. The van der Waals surface area contributed by atoms with Crippen molar-refractivity contribution >= 4 is 23.9 Å². The fraction of sp³-hybridized carbons (Fsp3) is 0.250. The second-order valence-corrected chi connectivity index (χ2v) is 5.50. The molecule has 0 aliphatic rings. The first kappa shape index (κ1) is 18.5. The van der Waals surface area contributed by atoms with Gasteiger partial charge in [0.15, 0.2) is 5.16 Å². The number of benzene rings is 1. The van der Waals surface area contributed by atoms with Gasteiger partial charge < -0.3 is 14.2 Å². The van der Waals surface area contributed by atoms with Gasteiger partial charge in [0.05, 0.1) is 39.4 Å². The van der Waals surface area contributed by atoms with Crippen LogP contribution in [0.1, 0.15) is 5.56 Å². The van der Waals surface area contributed by atoms with Crippen molar-refractivity contribution < 1.29 is 19.0 Å². The largest absolute Gasteiger partial charge is 0.496 e. The van der Waals surface area contributed by atoms with Crippen LogP contribution in [0.15, 0.2) is 40.6 Å². The number of nitrogens with zero attached hydrogens (tertiary/aromatic N) is 3. The first-order valence-electron chi connectivity index (χ1n) is 7.21. The second kappa shape index (κ2) is 9.48. The lowest BCUT2D eigenvalue weighted by Crippen LogP contribution is -2.19. The highest BCUT2D eigenvalue weighted by Gasteiger charge is 2.08. The van der Waals surface area contributed by atoms with Crippen molar-refractivity contribution in [2.24, 2.45) is 5.10 Å². The molecule has 0 fully saturated rings. The Bertz CT molecular complexity index is 732. The number of ether oxygens (including phenoxy) is 3. The molecule has 2 rings (SSSR count). The topological polar surface area (TPSA) is 94.9 Å². The van der Waals surface area contributed by atoms with Crippen LogP contribution >= 0.6 is 11.8 Å². The summed E-state index contributed by atoms with van der Waals surface area (Å²) >= 11 is 1.15. The predicted molar refractivity (Wildman–Crippen MR) is 94.6 cm³/mol. The number of methoxy groups -OCH3 is 3. The van der Waals surface area contributed by atoms with Gasteiger partial charge in [-0.3, -0.25) is 4.79 Å². The van der Waals surface area contributed by atoms with E-state index in [1.165, 1.54) is 20.4 Å². The van der Waals surface area contributed by atoms with Gasteiger partial charge in [-0.25, -0.2) is 5.43 Å². The molecule has 132 valence electrons. The summed E-state index contributed by atoms with van der Waals surface area (Å²) in [6, 6.07) is 8.91. The third-order valence-corrected chi connectivity index (χ3v) is 3.79. The summed E-state index contributed by atoms with van der Waals surface area (Å²) < 4.78 is 15.3. The molecule has 0 spiro atoms. The molecule has 0 bridgehead atoms. The number of para-hydroxylation sites is 1. The van der Waals surface area contributed by atoms with Crippen LogP contribution in [0.3, 0.4) is 0 Å². The Balaban J connectivity index is 1.89. The maximum atomic E-state index is 11.9.